The van der Waals surface area contributed by atoms with Crippen molar-refractivity contribution in [3.8, 4) is 11.8 Å². The van der Waals surface area contributed by atoms with Gasteiger partial charge in [-0.15, -0.1) is 11.3 Å². The third kappa shape index (κ3) is 6.17. The van der Waals surface area contributed by atoms with Gasteiger partial charge in [-0.25, -0.2) is 0 Å². The molecule has 0 amide bonds. The molecular formula is C19H23NO2S. The van der Waals surface area contributed by atoms with E-state index in [1.807, 2.05) is 5.38 Å². The molecule has 3 nitrogen and oxygen atoms in total. The van der Waals surface area contributed by atoms with E-state index in [9.17, 15) is 0 Å². The maximum atomic E-state index is 8.77. The molecule has 0 spiro atoms. The summed E-state index contributed by atoms with van der Waals surface area (Å²) in [5.41, 5.74) is 3.56. The Balaban J connectivity index is 2.02. The smallest absolute Gasteiger partial charge is 0.104 e. The lowest BCUT2D eigenvalue weighted by Crippen LogP contribution is -2.26. The zero-order valence-corrected chi connectivity index (χ0v) is 14.5. The van der Waals surface area contributed by atoms with Crippen molar-refractivity contribution in [1.82, 2.24) is 4.90 Å². The van der Waals surface area contributed by atoms with E-state index in [1.165, 1.54) is 16.0 Å². The van der Waals surface area contributed by atoms with Gasteiger partial charge in [0.05, 0.1) is 6.61 Å². The predicted octanol–water partition coefficient (Wildman–Crippen LogP) is 3.05. The molecule has 0 saturated heterocycles. The van der Waals surface area contributed by atoms with Gasteiger partial charge in [0.25, 0.3) is 0 Å². The van der Waals surface area contributed by atoms with Gasteiger partial charge in [-0.2, -0.15) is 0 Å². The minimum atomic E-state index is -0.0986. The van der Waals surface area contributed by atoms with Crippen molar-refractivity contribution in [3.63, 3.8) is 0 Å². The molecule has 0 aliphatic carbocycles. The van der Waals surface area contributed by atoms with Crippen LogP contribution in [0.15, 0.2) is 35.7 Å². The molecule has 0 unspecified atom stereocenters. The topological polar surface area (TPSA) is 32.7 Å². The monoisotopic (exact) mass is 329 g/mol. The Morgan fingerprint density at radius 3 is 2.70 bits per heavy atom. The fourth-order valence-corrected chi connectivity index (χ4v) is 3.13. The van der Waals surface area contributed by atoms with E-state index in [4.69, 9.17) is 9.84 Å². The minimum absolute atomic E-state index is 0.0986. The Morgan fingerprint density at radius 1 is 1.22 bits per heavy atom. The number of hydrogen-bond acceptors (Lipinski definition) is 4. The third-order valence-electron chi connectivity index (χ3n) is 3.48. The quantitative estimate of drug-likeness (QED) is 0.793. The van der Waals surface area contributed by atoms with Crippen LogP contribution in [0.1, 0.15) is 21.6 Å². The fraction of sp³-hybridized carbons (Fsp3) is 0.368. The van der Waals surface area contributed by atoms with E-state index in [-0.39, 0.29) is 6.61 Å². The zero-order valence-electron chi connectivity index (χ0n) is 13.7. The second-order valence-corrected chi connectivity index (χ2v) is 6.45. The average Bonchev–Trinajstić information content (AvgIpc) is 3.00. The molecule has 0 aliphatic heterocycles. The molecule has 0 aliphatic rings. The SMILES string of the molecule is COCCN(Cc1ccc(C)cc1)Cc1cc(C#CCO)cs1. The summed E-state index contributed by atoms with van der Waals surface area (Å²) in [6.07, 6.45) is 0. The Morgan fingerprint density at radius 2 is 2.00 bits per heavy atom. The van der Waals surface area contributed by atoms with Gasteiger partial charge in [-0.3, -0.25) is 4.90 Å². The summed E-state index contributed by atoms with van der Waals surface area (Å²) in [5.74, 6) is 5.64. The standard InChI is InChI=1S/C19H23NO2S/c1-16-5-7-17(8-6-16)13-20(9-11-22-2)14-19-12-18(15-23-19)4-3-10-21/h5-8,12,15,21H,9-11,13-14H2,1-2H3. The average molecular weight is 329 g/mol. The van der Waals surface area contributed by atoms with Crippen molar-refractivity contribution in [2.45, 2.75) is 20.0 Å². The molecule has 0 atom stereocenters. The molecule has 122 valence electrons. The normalized spacial score (nSPS) is 10.6. The largest absolute Gasteiger partial charge is 0.384 e. The second-order valence-electron chi connectivity index (χ2n) is 5.45. The van der Waals surface area contributed by atoms with Gasteiger partial charge >= 0.3 is 0 Å². The highest BCUT2D eigenvalue weighted by molar-refractivity contribution is 7.10. The number of aliphatic hydroxyl groups excluding tert-OH is 1. The van der Waals surface area contributed by atoms with E-state index in [2.05, 4.69) is 54.0 Å². The Hall–Kier alpha value is -1.64. The van der Waals surface area contributed by atoms with Crippen LogP contribution in [-0.2, 0) is 17.8 Å². The number of aliphatic hydroxyl groups is 1. The summed E-state index contributed by atoms with van der Waals surface area (Å²) in [6, 6.07) is 10.8. The number of hydrogen-bond donors (Lipinski definition) is 1. The van der Waals surface area contributed by atoms with E-state index < -0.39 is 0 Å². The van der Waals surface area contributed by atoms with Gasteiger partial charge in [0.2, 0.25) is 0 Å². The third-order valence-corrected chi connectivity index (χ3v) is 4.40. The minimum Gasteiger partial charge on any atom is -0.384 e. The van der Waals surface area contributed by atoms with Crippen LogP contribution < -0.4 is 0 Å². The molecule has 1 N–H and O–H groups in total. The Labute approximate surface area is 142 Å². The van der Waals surface area contributed by atoms with Gasteiger partial charge in [-0.05, 0) is 18.6 Å². The van der Waals surface area contributed by atoms with E-state index in [1.54, 1.807) is 18.4 Å². The Bertz CT molecular complexity index is 652. The highest BCUT2D eigenvalue weighted by Crippen LogP contribution is 2.18. The summed E-state index contributed by atoms with van der Waals surface area (Å²) >= 11 is 1.71. The van der Waals surface area contributed by atoms with Crippen LogP contribution >= 0.6 is 11.3 Å². The van der Waals surface area contributed by atoms with Crippen LogP contribution in [0.25, 0.3) is 0 Å². The molecule has 23 heavy (non-hydrogen) atoms. The lowest BCUT2D eigenvalue weighted by Gasteiger charge is -2.21. The van der Waals surface area contributed by atoms with Crippen molar-refractivity contribution >= 4 is 11.3 Å². The van der Waals surface area contributed by atoms with Crippen LogP contribution in [0, 0.1) is 18.8 Å². The molecular weight excluding hydrogens is 306 g/mol. The first-order chi connectivity index (χ1) is 11.2. The van der Waals surface area contributed by atoms with Gasteiger partial charge in [0, 0.05) is 42.6 Å². The summed E-state index contributed by atoms with van der Waals surface area (Å²) in [7, 11) is 1.73. The van der Waals surface area contributed by atoms with Gasteiger partial charge in [0.15, 0.2) is 0 Å². The van der Waals surface area contributed by atoms with Crippen molar-refractivity contribution < 1.29 is 9.84 Å². The van der Waals surface area contributed by atoms with Crippen LogP contribution in [0.2, 0.25) is 0 Å². The van der Waals surface area contributed by atoms with Crippen LogP contribution in [0.4, 0.5) is 0 Å². The first kappa shape index (κ1) is 17.7. The molecule has 2 aromatic rings. The summed E-state index contributed by atoms with van der Waals surface area (Å²) < 4.78 is 5.24. The second kappa shape index (κ2) is 9.49. The summed E-state index contributed by atoms with van der Waals surface area (Å²) in [6.45, 7) is 5.39. The number of benzene rings is 1. The molecule has 0 radical (unpaired) electrons. The predicted molar refractivity (Wildman–Crippen MR) is 95.5 cm³/mol. The molecule has 2 rings (SSSR count). The van der Waals surface area contributed by atoms with Crippen LogP contribution in [-0.4, -0.2) is 36.9 Å². The van der Waals surface area contributed by atoms with Crippen molar-refractivity contribution in [2.75, 3.05) is 26.9 Å². The molecule has 0 fully saturated rings. The number of ether oxygens (including phenoxy) is 1. The molecule has 1 heterocycles. The van der Waals surface area contributed by atoms with Crippen molar-refractivity contribution in [1.29, 1.82) is 0 Å². The molecule has 1 aromatic heterocycles. The maximum Gasteiger partial charge on any atom is 0.104 e. The lowest BCUT2D eigenvalue weighted by atomic mass is 10.1. The van der Waals surface area contributed by atoms with Gasteiger partial charge in [-0.1, -0.05) is 41.7 Å². The van der Waals surface area contributed by atoms with Crippen molar-refractivity contribution in [2.24, 2.45) is 0 Å². The van der Waals surface area contributed by atoms with Crippen LogP contribution in [0.3, 0.4) is 0 Å². The van der Waals surface area contributed by atoms with E-state index in [0.29, 0.717) is 6.61 Å². The highest BCUT2D eigenvalue weighted by Gasteiger charge is 2.09. The van der Waals surface area contributed by atoms with Gasteiger partial charge < -0.3 is 9.84 Å². The van der Waals surface area contributed by atoms with E-state index in [0.717, 1.165) is 25.2 Å². The summed E-state index contributed by atoms with van der Waals surface area (Å²) in [5, 5.41) is 10.8. The number of thiophene rings is 1. The number of methoxy groups -OCH3 is 1. The molecule has 4 heteroatoms. The Kier molecular flexibility index (Phi) is 7.31. The first-order valence-electron chi connectivity index (χ1n) is 7.65. The van der Waals surface area contributed by atoms with Gasteiger partial charge in [0.1, 0.15) is 6.61 Å². The molecule has 1 aromatic carbocycles. The summed E-state index contributed by atoms with van der Waals surface area (Å²) in [4.78, 5) is 3.65. The number of aryl methyl sites for hydroxylation is 1. The van der Waals surface area contributed by atoms with Crippen LogP contribution in [0.5, 0.6) is 0 Å². The fourth-order valence-electron chi connectivity index (χ4n) is 2.28. The highest BCUT2D eigenvalue weighted by atomic mass is 32.1. The molecule has 0 bridgehead atoms. The molecule has 0 saturated carbocycles. The first-order valence-corrected chi connectivity index (χ1v) is 8.53. The zero-order chi connectivity index (χ0) is 16.5. The maximum absolute atomic E-state index is 8.77. The van der Waals surface area contributed by atoms with E-state index >= 15 is 0 Å². The number of nitrogens with zero attached hydrogens (tertiary/aromatic N) is 1. The van der Waals surface area contributed by atoms with Crippen molar-refractivity contribution in [3.05, 3.63) is 57.3 Å². The number of rotatable bonds is 7. The lowest BCUT2D eigenvalue weighted by molar-refractivity contribution is 0.140.